The third-order valence-corrected chi connectivity index (χ3v) is 2.87. The molecule has 7 nitrogen and oxygen atoms in total. The normalized spacial score (nSPS) is 19.8. The molecule has 0 aromatic carbocycles. The predicted octanol–water partition coefficient (Wildman–Crippen LogP) is 0.482. The molecule has 0 spiro atoms. The van der Waals surface area contributed by atoms with Gasteiger partial charge in [-0.2, -0.15) is 4.98 Å². The first-order chi connectivity index (χ1) is 8.11. The number of rotatable bonds is 3. The SMILES string of the molecule is CCOC(=O)c1nc(N2CC(Br)CC2=O)n[nH]1. The summed E-state index contributed by atoms with van der Waals surface area (Å²) in [5.41, 5.74) is 0. The van der Waals surface area contributed by atoms with Crippen LogP contribution in [0.4, 0.5) is 5.95 Å². The molecular weight excluding hydrogens is 292 g/mol. The van der Waals surface area contributed by atoms with Gasteiger partial charge < -0.3 is 4.74 Å². The Morgan fingerprint density at radius 2 is 2.47 bits per heavy atom. The van der Waals surface area contributed by atoms with Crippen molar-refractivity contribution in [3.63, 3.8) is 0 Å². The summed E-state index contributed by atoms with van der Waals surface area (Å²) < 4.78 is 4.77. The van der Waals surface area contributed by atoms with Crippen LogP contribution in [0.5, 0.6) is 0 Å². The molecule has 1 aromatic heterocycles. The first-order valence-electron chi connectivity index (χ1n) is 5.15. The first kappa shape index (κ1) is 12.0. The maximum absolute atomic E-state index is 11.6. The third-order valence-electron chi connectivity index (χ3n) is 2.26. The Hall–Kier alpha value is -1.44. The van der Waals surface area contributed by atoms with Crippen LogP contribution in [0.25, 0.3) is 0 Å². The standard InChI is InChI=1S/C9H11BrN4O3/c1-2-17-8(16)7-11-9(13-12-7)14-4-5(10)3-6(14)15/h5H,2-4H2,1H3,(H,11,12,13). The maximum Gasteiger partial charge on any atom is 0.375 e. The van der Waals surface area contributed by atoms with Crippen LogP contribution in [0.1, 0.15) is 24.0 Å². The van der Waals surface area contributed by atoms with Crippen LogP contribution in [0.2, 0.25) is 0 Å². The quantitative estimate of drug-likeness (QED) is 0.648. The van der Waals surface area contributed by atoms with E-state index in [-0.39, 0.29) is 29.1 Å². The number of esters is 1. The number of alkyl halides is 1. The van der Waals surface area contributed by atoms with Gasteiger partial charge in [0.05, 0.1) is 6.61 Å². The van der Waals surface area contributed by atoms with Crippen LogP contribution in [0, 0.1) is 0 Å². The second kappa shape index (κ2) is 4.82. The van der Waals surface area contributed by atoms with E-state index in [1.54, 1.807) is 6.92 Å². The zero-order valence-corrected chi connectivity index (χ0v) is 10.7. The van der Waals surface area contributed by atoms with Crippen molar-refractivity contribution in [2.24, 2.45) is 0 Å². The summed E-state index contributed by atoms with van der Waals surface area (Å²) in [6, 6.07) is 0. The Kier molecular flexibility index (Phi) is 3.41. The zero-order chi connectivity index (χ0) is 12.4. The van der Waals surface area contributed by atoms with Gasteiger partial charge in [0.25, 0.3) is 5.95 Å². The summed E-state index contributed by atoms with van der Waals surface area (Å²) in [6.07, 6.45) is 0.406. The number of ether oxygens (including phenoxy) is 1. The van der Waals surface area contributed by atoms with Gasteiger partial charge in [0.2, 0.25) is 11.7 Å². The summed E-state index contributed by atoms with van der Waals surface area (Å²) in [6.45, 7) is 2.47. The highest BCUT2D eigenvalue weighted by molar-refractivity contribution is 9.09. The Morgan fingerprint density at radius 3 is 3.06 bits per heavy atom. The molecule has 1 aliphatic rings. The van der Waals surface area contributed by atoms with Gasteiger partial charge in [0.15, 0.2) is 0 Å². The highest BCUT2D eigenvalue weighted by atomic mass is 79.9. The average molecular weight is 303 g/mol. The van der Waals surface area contributed by atoms with Crippen LogP contribution < -0.4 is 4.90 Å². The zero-order valence-electron chi connectivity index (χ0n) is 9.14. The minimum Gasteiger partial charge on any atom is -0.460 e. The van der Waals surface area contributed by atoms with Gasteiger partial charge in [-0.15, -0.1) is 5.10 Å². The summed E-state index contributed by atoms with van der Waals surface area (Å²) in [5.74, 6) is -0.428. The highest BCUT2D eigenvalue weighted by Crippen LogP contribution is 2.22. The highest BCUT2D eigenvalue weighted by Gasteiger charge is 2.31. The van der Waals surface area contributed by atoms with E-state index in [0.29, 0.717) is 13.0 Å². The number of carbonyl (C=O) groups is 2. The Bertz CT molecular complexity index is 447. The van der Waals surface area contributed by atoms with E-state index in [9.17, 15) is 9.59 Å². The summed E-state index contributed by atoms with van der Waals surface area (Å²) in [4.78, 5) is 28.4. The van der Waals surface area contributed by atoms with Crippen molar-refractivity contribution < 1.29 is 14.3 Å². The molecule has 17 heavy (non-hydrogen) atoms. The Balaban J connectivity index is 2.13. The molecule has 2 heterocycles. The number of amides is 1. The number of hydrogen-bond acceptors (Lipinski definition) is 5. The van der Waals surface area contributed by atoms with Crippen LogP contribution in [0.3, 0.4) is 0 Å². The average Bonchev–Trinajstić information content (AvgIpc) is 2.85. The van der Waals surface area contributed by atoms with Gasteiger partial charge in [-0.25, -0.2) is 4.79 Å². The van der Waals surface area contributed by atoms with E-state index in [1.165, 1.54) is 4.90 Å². The van der Waals surface area contributed by atoms with Crippen molar-refractivity contribution in [3.8, 4) is 0 Å². The smallest absolute Gasteiger partial charge is 0.375 e. The molecule has 1 atom stereocenters. The molecule has 1 fully saturated rings. The minimum atomic E-state index is -0.576. The number of anilines is 1. The lowest BCUT2D eigenvalue weighted by Crippen LogP contribution is -2.25. The lowest BCUT2D eigenvalue weighted by atomic mass is 10.4. The van der Waals surface area contributed by atoms with E-state index in [0.717, 1.165) is 0 Å². The molecule has 0 bridgehead atoms. The number of nitrogens with one attached hydrogen (secondary N) is 1. The molecular formula is C9H11BrN4O3. The molecule has 0 saturated carbocycles. The van der Waals surface area contributed by atoms with Gasteiger partial charge in [-0.1, -0.05) is 15.9 Å². The number of nitrogens with zero attached hydrogens (tertiary/aromatic N) is 3. The molecule has 92 valence electrons. The summed E-state index contributed by atoms with van der Waals surface area (Å²) in [7, 11) is 0. The van der Waals surface area contributed by atoms with Gasteiger partial charge in [-0.3, -0.25) is 14.8 Å². The largest absolute Gasteiger partial charge is 0.460 e. The number of hydrogen-bond donors (Lipinski definition) is 1. The number of aromatic nitrogens is 3. The van der Waals surface area contributed by atoms with Gasteiger partial charge in [-0.05, 0) is 6.92 Å². The van der Waals surface area contributed by atoms with Gasteiger partial charge in [0, 0.05) is 17.8 Å². The monoisotopic (exact) mass is 302 g/mol. The lowest BCUT2D eigenvalue weighted by molar-refractivity contribution is -0.117. The molecule has 1 amide bonds. The third kappa shape index (κ3) is 2.46. The predicted molar refractivity (Wildman–Crippen MR) is 62.0 cm³/mol. The van der Waals surface area contributed by atoms with E-state index in [4.69, 9.17) is 4.74 Å². The van der Waals surface area contributed by atoms with Crippen molar-refractivity contribution in [1.82, 2.24) is 15.2 Å². The maximum atomic E-state index is 11.6. The molecule has 1 aromatic rings. The fraction of sp³-hybridized carbons (Fsp3) is 0.556. The molecule has 1 aliphatic heterocycles. The number of halogens is 1. The van der Waals surface area contributed by atoms with Crippen molar-refractivity contribution >= 4 is 33.8 Å². The summed E-state index contributed by atoms with van der Waals surface area (Å²) in [5, 5.41) is 6.29. The molecule has 0 radical (unpaired) electrons. The Morgan fingerprint density at radius 1 is 1.71 bits per heavy atom. The van der Waals surface area contributed by atoms with Crippen molar-refractivity contribution in [1.29, 1.82) is 0 Å². The lowest BCUT2D eigenvalue weighted by Gasteiger charge is -2.09. The molecule has 0 aliphatic carbocycles. The molecule has 1 saturated heterocycles. The molecule has 1 unspecified atom stereocenters. The van der Waals surface area contributed by atoms with E-state index < -0.39 is 5.97 Å². The van der Waals surface area contributed by atoms with Crippen LogP contribution in [0.15, 0.2) is 0 Å². The first-order valence-corrected chi connectivity index (χ1v) is 6.07. The van der Waals surface area contributed by atoms with E-state index in [1.807, 2.05) is 0 Å². The number of carbonyl (C=O) groups excluding carboxylic acids is 2. The number of aromatic amines is 1. The second-order valence-corrected chi connectivity index (χ2v) is 4.81. The van der Waals surface area contributed by atoms with Crippen LogP contribution >= 0.6 is 15.9 Å². The van der Waals surface area contributed by atoms with E-state index in [2.05, 4.69) is 31.1 Å². The Labute approximate surface area is 106 Å². The van der Waals surface area contributed by atoms with Crippen molar-refractivity contribution in [2.45, 2.75) is 18.2 Å². The topological polar surface area (TPSA) is 88.2 Å². The second-order valence-electron chi connectivity index (χ2n) is 3.51. The molecule has 8 heteroatoms. The molecule has 2 rings (SSSR count). The fourth-order valence-electron chi connectivity index (χ4n) is 1.52. The fourth-order valence-corrected chi connectivity index (χ4v) is 2.09. The van der Waals surface area contributed by atoms with Crippen LogP contribution in [-0.2, 0) is 9.53 Å². The molecule has 1 N–H and O–H groups in total. The van der Waals surface area contributed by atoms with E-state index >= 15 is 0 Å². The summed E-state index contributed by atoms with van der Waals surface area (Å²) >= 11 is 3.36. The van der Waals surface area contributed by atoms with Crippen molar-refractivity contribution in [2.75, 3.05) is 18.1 Å². The van der Waals surface area contributed by atoms with Crippen molar-refractivity contribution in [3.05, 3.63) is 5.82 Å². The van der Waals surface area contributed by atoms with Crippen LogP contribution in [-0.4, -0.2) is 45.0 Å². The number of H-pyrrole nitrogens is 1. The minimum absolute atomic E-state index is 0.00710. The van der Waals surface area contributed by atoms with Gasteiger partial charge >= 0.3 is 5.97 Å². The van der Waals surface area contributed by atoms with Gasteiger partial charge in [0.1, 0.15) is 0 Å².